The molecular formula is C12H13BrFN5S. The van der Waals surface area contributed by atoms with Gasteiger partial charge in [0, 0.05) is 11.8 Å². The van der Waals surface area contributed by atoms with Crippen LogP contribution in [0, 0.1) is 12.7 Å². The first-order chi connectivity index (χ1) is 9.53. The molecular weight excluding hydrogens is 345 g/mol. The van der Waals surface area contributed by atoms with Crippen LogP contribution in [0.25, 0.3) is 0 Å². The number of hydrogen-bond acceptors (Lipinski definition) is 6. The van der Waals surface area contributed by atoms with Gasteiger partial charge in [-0.25, -0.2) is 20.2 Å². The van der Waals surface area contributed by atoms with Crippen LogP contribution in [-0.2, 0) is 0 Å². The van der Waals surface area contributed by atoms with Crippen LogP contribution in [0.15, 0.2) is 27.8 Å². The first-order valence-electron chi connectivity index (χ1n) is 5.66. The maximum atomic E-state index is 13.6. The van der Waals surface area contributed by atoms with E-state index in [1.807, 2.05) is 13.2 Å². The van der Waals surface area contributed by atoms with Crippen molar-refractivity contribution >= 4 is 45.0 Å². The molecule has 106 valence electrons. The summed E-state index contributed by atoms with van der Waals surface area (Å²) in [7, 11) is 0. The van der Waals surface area contributed by atoms with Gasteiger partial charge in [-0.05, 0) is 46.8 Å². The number of hydrogen-bond donors (Lipinski definition) is 3. The zero-order chi connectivity index (χ0) is 14.7. The highest BCUT2D eigenvalue weighted by molar-refractivity contribution is 9.10. The van der Waals surface area contributed by atoms with E-state index in [0.717, 1.165) is 5.56 Å². The highest BCUT2D eigenvalue weighted by Gasteiger charge is 2.08. The summed E-state index contributed by atoms with van der Waals surface area (Å²) < 4.78 is 14.0. The van der Waals surface area contributed by atoms with Gasteiger partial charge >= 0.3 is 0 Å². The highest BCUT2D eigenvalue weighted by Crippen LogP contribution is 2.27. The number of thioether (sulfide) groups is 1. The summed E-state index contributed by atoms with van der Waals surface area (Å²) in [5, 5.41) is 3.64. The van der Waals surface area contributed by atoms with E-state index in [0.29, 0.717) is 27.0 Å². The maximum absolute atomic E-state index is 13.6. The topological polar surface area (TPSA) is 75.9 Å². The van der Waals surface area contributed by atoms with Crippen LogP contribution in [0.2, 0.25) is 0 Å². The molecule has 8 heteroatoms. The molecule has 0 fully saturated rings. The monoisotopic (exact) mass is 357 g/mol. The number of aromatic nitrogens is 2. The van der Waals surface area contributed by atoms with E-state index < -0.39 is 0 Å². The van der Waals surface area contributed by atoms with Crippen molar-refractivity contribution in [3.8, 4) is 0 Å². The van der Waals surface area contributed by atoms with Crippen molar-refractivity contribution in [3.63, 3.8) is 0 Å². The number of nitrogen functional groups attached to an aromatic ring is 1. The van der Waals surface area contributed by atoms with Crippen LogP contribution in [0.3, 0.4) is 0 Å². The fourth-order valence-electron chi connectivity index (χ4n) is 1.57. The molecule has 0 aliphatic carbocycles. The number of rotatable bonds is 4. The standard InChI is InChI=1S/C12H13BrFN5S/c1-6-3-7(13)8(14)4-9(6)16-10-5-11(19-15)18-12(17-10)20-2/h3-5H,15H2,1-2H3,(H2,16,17,18,19). The Labute approximate surface area is 128 Å². The van der Waals surface area contributed by atoms with Gasteiger partial charge in [-0.3, -0.25) is 0 Å². The summed E-state index contributed by atoms with van der Waals surface area (Å²) in [6.45, 7) is 1.88. The van der Waals surface area contributed by atoms with E-state index in [-0.39, 0.29) is 5.82 Å². The molecule has 2 aromatic rings. The Balaban J connectivity index is 2.36. The predicted molar refractivity (Wildman–Crippen MR) is 83.7 cm³/mol. The molecule has 0 radical (unpaired) electrons. The van der Waals surface area contributed by atoms with Crippen LogP contribution < -0.4 is 16.6 Å². The minimum Gasteiger partial charge on any atom is -0.340 e. The molecule has 1 aromatic heterocycles. The van der Waals surface area contributed by atoms with Gasteiger partial charge < -0.3 is 10.7 Å². The number of benzene rings is 1. The number of nitrogens with two attached hydrogens (primary N) is 1. The molecule has 0 saturated carbocycles. The molecule has 0 bridgehead atoms. The Morgan fingerprint density at radius 2 is 1.95 bits per heavy atom. The van der Waals surface area contributed by atoms with E-state index in [4.69, 9.17) is 5.84 Å². The van der Waals surface area contributed by atoms with Gasteiger partial charge in [-0.2, -0.15) is 0 Å². The second kappa shape index (κ2) is 6.38. The van der Waals surface area contributed by atoms with Crippen molar-refractivity contribution in [2.24, 2.45) is 5.84 Å². The third kappa shape index (κ3) is 3.38. The van der Waals surface area contributed by atoms with E-state index in [2.05, 4.69) is 36.6 Å². The molecule has 0 saturated heterocycles. The van der Waals surface area contributed by atoms with Gasteiger partial charge in [0.25, 0.3) is 0 Å². The molecule has 20 heavy (non-hydrogen) atoms. The summed E-state index contributed by atoms with van der Waals surface area (Å²) >= 11 is 4.55. The third-order valence-electron chi connectivity index (χ3n) is 2.57. The SMILES string of the molecule is CSc1nc(NN)cc(Nc2cc(F)c(Br)cc2C)n1. The molecule has 0 unspecified atom stereocenters. The summed E-state index contributed by atoms with van der Waals surface area (Å²) in [5.74, 6) is 6.06. The highest BCUT2D eigenvalue weighted by atomic mass is 79.9. The van der Waals surface area contributed by atoms with E-state index >= 15 is 0 Å². The zero-order valence-corrected chi connectivity index (χ0v) is 13.3. The maximum Gasteiger partial charge on any atom is 0.191 e. The second-order valence-corrected chi connectivity index (χ2v) is 5.60. The molecule has 5 nitrogen and oxygen atoms in total. The first kappa shape index (κ1) is 15.0. The van der Waals surface area contributed by atoms with Crippen LogP contribution in [0.1, 0.15) is 5.56 Å². The number of hydrazine groups is 1. The number of halogens is 2. The Morgan fingerprint density at radius 3 is 2.60 bits per heavy atom. The molecule has 1 aromatic carbocycles. The van der Waals surface area contributed by atoms with Crippen LogP contribution in [0.5, 0.6) is 0 Å². The number of nitrogens with one attached hydrogen (secondary N) is 2. The van der Waals surface area contributed by atoms with Gasteiger partial charge in [0.05, 0.1) is 4.47 Å². The largest absolute Gasteiger partial charge is 0.340 e. The van der Waals surface area contributed by atoms with Gasteiger partial charge in [-0.15, -0.1) is 0 Å². The number of nitrogens with zero attached hydrogens (tertiary/aromatic N) is 2. The second-order valence-electron chi connectivity index (χ2n) is 3.98. The molecule has 0 spiro atoms. The Kier molecular flexibility index (Phi) is 4.79. The van der Waals surface area contributed by atoms with Crippen LogP contribution >= 0.6 is 27.7 Å². The lowest BCUT2D eigenvalue weighted by Gasteiger charge is -2.11. The predicted octanol–water partition coefficient (Wildman–Crippen LogP) is 3.44. The van der Waals surface area contributed by atoms with Crippen LogP contribution in [0.4, 0.5) is 21.7 Å². The average Bonchev–Trinajstić information content (AvgIpc) is 2.44. The summed E-state index contributed by atoms with van der Waals surface area (Å²) in [4.78, 5) is 8.46. The normalized spacial score (nSPS) is 10.4. The van der Waals surface area contributed by atoms with Gasteiger partial charge in [0.1, 0.15) is 17.5 Å². The lowest BCUT2D eigenvalue weighted by atomic mass is 10.2. The number of aryl methyl sites for hydroxylation is 1. The minimum atomic E-state index is -0.339. The van der Waals surface area contributed by atoms with Crippen molar-refractivity contribution in [2.45, 2.75) is 12.1 Å². The minimum absolute atomic E-state index is 0.339. The van der Waals surface area contributed by atoms with Crippen LogP contribution in [-0.4, -0.2) is 16.2 Å². The molecule has 0 amide bonds. The van der Waals surface area contributed by atoms with E-state index in [1.54, 1.807) is 12.1 Å². The number of anilines is 3. The Bertz CT molecular complexity index is 615. The van der Waals surface area contributed by atoms with Crippen molar-refractivity contribution in [2.75, 3.05) is 17.0 Å². The van der Waals surface area contributed by atoms with Crippen molar-refractivity contribution < 1.29 is 4.39 Å². The fraction of sp³-hybridized carbons (Fsp3) is 0.167. The smallest absolute Gasteiger partial charge is 0.191 e. The van der Waals surface area contributed by atoms with Gasteiger partial charge in [0.15, 0.2) is 5.16 Å². The molecule has 4 N–H and O–H groups in total. The third-order valence-corrected chi connectivity index (χ3v) is 3.72. The van der Waals surface area contributed by atoms with Gasteiger partial charge in [-0.1, -0.05) is 11.8 Å². The molecule has 2 rings (SSSR count). The van der Waals surface area contributed by atoms with Crippen molar-refractivity contribution in [1.29, 1.82) is 0 Å². The summed E-state index contributed by atoms with van der Waals surface area (Å²) in [6, 6.07) is 4.77. The van der Waals surface area contributed by atoms with Gasteiger partial charge in [0.2, 0.25) is 0 Å². The molecule has 0 aliphatic heterocycles. The fourth-order valence-corrected chi connectivity index (χ4v) is 2.41. The average molecular weight is 358 g/mol. The summed E-state index contributed by atoms with van der Waals surface area (Å²) in [5.41, 5.74) is 4.01. The lowest BCUT2D eigenvalue weighted by Crippen LogP contribution is -2.10. The summed E-state index contributed by atoms with van der Waals surface area (Å²) in [6.07, 6.45) is 1.87. The van der Waals surface area contributed by atoms with Crippen molar-refractivity contribution in [1.82, 2.24) is 9.97 Å². The Hall–Kier alpha value is -1.38. The van der Waals surface area contributed by atoms with E-state index in [1.165, 1.54) is 17.8 Å². The molecule has 1 heterocycles. The van der Waals surface area contributed by atoms with E-state index in [9.17, 15) is 4.39 Å². The zero-order valence-electron chi connectivity index (χ0n) is 10.9. The lowest BCUT2D eigenvalue weighted by molar-refractivity contribution is 0.621. The molecule has 0 aliphatic rings. The Morgan fingerprint density at radius 1 is 1.25 bits per heavy atom. The first-order valence-corrected chi connectivity index (χ1v) is 7.67. The quantitative estimate of drug-likeness (QED) is 0.337. The molecule has 0 atom stereocenters. The van der Waals surface area contributed by atoms with Crippen molar-refractivity contribution in [3.05, 3.63) is 34.1 Å².